The van der Waals surface area contributed by atoms with Crippen molar-refractivity contribution in [2.75, 3.05) is 32.8 Å². The van der Waals surface area contributed by atoms with Crippen LogP contribution in [0.2, 0.25) is 5.02 Å². The first-order valence-corrected chi connectivity index (χ1v) is 9.51. The molecular formula is C19H21ClN4O5. The van der Waals surface area contributed by atoms with E-state index in [9.17, 15) is 14.4 Å². The van der Waals surface area contributed by atoms with Gasteiger partial charge in [-0.25, -0.2) is 0 Å². The van der Waals surface area contributed by atoms with E-state index in [1.54, 1.807) is 19.1 Å². The molecule has 0 spiro atoms. The van der Waals surface area contributed by atoms with Crippen LogP contribution < -0.4 is 15.4 Å². The van der Waals surface area contributed by atoms with Gasteiger partial charge in [-0.05, 0) is 31.5 Å². The quantitative estimate of drug-likeness (QED) is 0.721. The third-order valence-corrected chi connectivity index (χ3v) is 4.46. The molecular weight excluding hydrogens is 400 g/mol. The summed E-state index contributed by atoms with van der Waals surface area (Å²) in [6.45, 7) is 2.48. The lowest BCUT2D eigenvalue weighted by atomic mass is 10.2. The molecule has 0 saturated heterocycles. The Bertz CT molecular complexity index is 914. The lowest BCUT2D eigenvalue weighted by Crippen LogP contribution is -2.43. The number of carbonyl (C=O) groups is 3. The fourth-order valence-corrected chi connectivity index (χ4v) is 3.01. The Morgan fingerprint density at radius 1 is 1.21 bits per heavy atom. The number of aromatic nitrogens is 1. The van der Waals surface area contributed by atoms with Crippen LogP contribution in [0.3, 0.4) is 0 Å². The third-order valence-electron chi connectivity index (χ3n) is 4.23. The number of hydrogen-bond acceptors (Lipinski definition) is 6. The molecule has 0 unspecified atom stereocenters. The fourth-order valence-electron chi connectivity index (χ4n) is 2.83. The summed E-state index contributed by atoms with van der Waals surface area (Å²) < 4.78 is 10.6. The van der Waals surface area contributed by atoms with Gasteiger partial charge in [0.25, 0.3) is 11.8 Å². The van der Waals surface area contributed by atoms with Crippen molar-refractivity contribution in [2.24, 2.45) is 0 Å². The molecule has 2 aromatic rings. The first kappa shape index (κ1) is 20.7. The van der Waals surface area contributed by atoms with Gasteiger partial charge in [0, 0.05) is 24.2 Å². The highest BCUT2D eigenvalue weighted by atomic mass is 35.5. The first-order valence-electron chi connectivity index (χ1n) is 9.14. The van der Waals surface area contributed by atoms with E-state index in [4.69, 9.17) is 20.9 Å². The Morgan fingerprint density at radius 2 is 2.03 bits per heavy atom. The molecule has 3 amide bonds. The van der Waals surface area contributed by atoms with Gasteiger partial charge >= 0.3 is 0 Å². The molecule has 0 fully saturated rings. The van der Waals surface area contributed by atoms with E-state index in [1.807, 2.05) is 0 Å². The molecule has 1 aliphatic heterocycles. The molecule has 1 aliphatic rings. The second kappa shape index (κ2) is 9.42. The maximum atomic E-state index is 12.7. The van der Waals surface area contributed by atoms with Gasteiger partial charge in [-0.2, -0.15) is 0 Å². The largest absolute Gasteiger partial charge is 0.491 e. The van der Waals surface area contributed by atoms with Gasteiger partial charge in [-0.3, -0.25) is 14.4 Å². The van der Waals surface area contributed by atoms with Crippen molar-refractivity contribution < 1.29 is 23.6 Å². The van der Waals surface area contributed by atoms with Gasteiger partial charge in [-0.1, -0.05) is 16.8 Å². The molecule has 0 atom stereocenters. The predicted molar refractivity (Wildman–Crippen MR) is 104 cm³/mol. The molecule has 10 heteroatoms. The number of nitrogens with one attached hydrogen (secondary N) is 2. The molecule has 1 aromatic carbocycles. The monoisotopic (exact) mass is 420 g/mol. The van der Waals surface area contributed by atoms with Crippen molar-refractivity contribution in [3.63, 3.8) is 0 Å². The number of hydrogen-bond donors (Lipinski definition) is 2. The standard InChI is InChI=1S/C19H21ClN4O5/c1-12-9-15(23-29-12)19(27)24-7-2-5-22-18(26)14-10-13(20)3-4-16(14)28-8-6-21-17(25)11-24/h3-4,9-10H,2,5-8,11H2,1H3,(H,21,25)(H,22,26). The minimum absolute atomic E-state index is 0.132. The Balaban J connectivity index is 1.73. The average Bonchev–Trinajstić information content (AvgIpc) is 3.13. The molecule has 0 saturated carbocycles. The minimum Gasteiger partial charge on any atom is -0.491 e. The molecule has 0 bridgehead atoms. The SMILES string of the molecule is Cc1cc(C(=O)N2CCCNC(=O)c3cc(Cl)ccc3OCCNC(=O)C2)no1. The highest BCUT2D eigenvalue weighted by Crippen LogP contribution is 2.23. The summed E-state index contributed by atoms with van der Waals surface area (Å²) in [5.74, 6) is -0.171. The molecule has 2 N–H and O–H groups in total. The number of carbonyl (C=O) groups excluding carboxylic acids is 3. The molecule has 1 aromatic heterocycles. The van der Waals surface area contributed by atoms with Crippen molar-refractivity contribution in [2.45, 2.75) is 13.3 Å². The maximum Gasteiger partial charge on any atom is 0.276 e. The zero-order valence-corrected chi connectivity index (χ0v) is 16.6. The van der Waals surface area contributed by atoms with Crippen molar-refractivity contribution in [3.05, 3.63) is 46.3 Å². The van der Waals surface area contributed by atoms with Crippen LogP contribution in [-0.4, -0.2) is 60.6 Å². The van der Waals surface area contributed by atoms with Gasteiger partial charge in [0.1, 0.15) is 18.1 Å². The number of amides is 3. The summed E-state index contributed by atoms with van der Waals surface area (Å²) in [6, 6.07) is 6.29. The van der Waals surface area contributed by atoms with Crippen LogP contribution in [0.15, 0.2) is 28.8 Å². The highest BCUT2D eigenvalue weighted by Gasteiger charge is 2.22. The fraction of sp³-hybridized carbons (Fsp3) is 0.368. The van der Waals surface area contributed by atoms with Crippen LogP contribution in [0.1, 0.15) is 33.0 Å². The lowest BCUT2D eigenvalue weighted by Gasteiger charge is -2.22. The summed E-state index contributed by atoms with van der Waals surface area (Å²) in [6.07, 6.45) is 0.443. The summed E-state index contributed by atoms with van der Waals surface area (Å²) in [5.41, 5.74) is 0.444. The second-order valence-electron chi connectivity index (χ2n) is 6.50. The number of benzene rings is 1. The maximum absolute atomic E-state index is 12.7. The number of rotatable bonds is 1. The van der Waals surface area contributed by atoms with Crippen LogP contribution in [0.25, 0.3) is 0 Å². The van der Waals surface area contributed by atoms with Gasteiger partial charge in [0.15, 0.2) is 5.69 Å². The minimum atomic E-state index is -0.413. The van der Waals surface area contributed by atoms with Crippen LogP contribution in [0, 0.1) is 6.92 Å². The number of halogens is 1. The Hall–Kier alpha value is -3.07. The van der Waals surface area contributed by atoms with Gasteiger partial charge in [0.2, 0.25) is 5.91 Å². The highest BCUT2D eigenvalue weighted by molar-refractivity contribution is 6.31. The zero-order chi connectivity index (χ0) is 20.8. The number of ether oxygens (including phenoxy) is 1. The Labute approximate surface area is 172 Å². The van der Waals surface area contributed by atoms with Crippen molar-refractivity contribution in [1.29, 1.82) is 0 Å². The molecule has 0 aliphatic carbocycles. The summed E-state index contributed by atoms with van der Waals surface area (Å²) in [5, 5.41) is 9.62. The number of aryl methyl sites for hydroxylation is 1. The molecule has 154 valence electrons. The van der Waals surface area contributed by atoms with Gasteiger partial charge in [0.05, 0.1) is 18.7 Å². The van der Waals surface area contributed by atoms with E-state index in [2.05, 4.69) is 15.8 Å². The van der Waals surface area contributed by atoms with Crippen molar-refractivity contribution in [1.82, 2.24) is 20.7 Å². The average molecular weight is 421 g/mol. The molecule has 29 heavy (non-hydrogen) atoms. The second-order valence-corrected chi connectivity index (χ2v) is 6.93. The van der Waals surface area contributed by atoms with E-state index in [0.717, 1.165) is 0 Å². The molecule has 9 nitrogen and oxygen atoms in total. The summed E-state index contributed by atoms with van der Waals surface area (Å²) in [7, 11) is 0. The molecule has 2 heterocycles. The normalized spacial score (nSPS) is 16.1. The Morgan fingerprint density at radius 3 is 2.79 bits per heavy atom. The third kappa shape index (κ3) is 5.47. The molecule has 3 rings (SSSR count). The number of fused-ring (bicyclic) bond motifs is 1. The van der Waals surface area contributed by atoms with Crippen molar-refractivity contribution in [3.8, 4) is 5.75 Å². The molecule has 0 radical (unpaired) electrons. The van der Waals surface area contributed by atoms with Crippen LogP contribution >= 0.6 is 11.6 Å². The van der Waals surface area contributed by atoms with E-state index in [0.29, 0.717) is 35.1 Å². The van der Waals surface area contributed by atoms with Crippen LogP contribution in [-0.2, 0) is 4.79 Å². The van der Waals surface area contributed by atoms with Crippen LogP contribution in [0.5, 0.6) is 5.75 Å². The van der Waals surface area contributed by atoms with E-state index < -0.39 is 5.91 Å². The van der Waals surface area contributed by atoms with E-state index in [-0.39, 0.29) is 43.7 Å². The Kier molecular flexibility index (Phi) is 6.71. The zero-order valence-electron chi connectivity index (χ0n) is 15.9. The number of nitrogens with zero attached hydrogens (tertiary/aromatic N) is 2. The first-order chi connectivity index (χ1) is 13.9. The van der Waals surface area contributed by atoms with E-state index >= 15 is 0 Å². The smallest absolute Gasteiger partial charge is 0.276 e. The van der Waals surface area contributed by atoms with Gasteiger partial charge in [-0.15, -0.1) is 0 Å². The van der Waals surface area contributed by atoms with Crippen LogP contribution in [0.4, 0.5) is 0 Å². The topological polar surface area (TPSA) is 114 Å². The van der Waals surface area contributed by atoms with Gasteiger partial charge < -0.3 is 24.8 Å². The summed E-state index contributed by atoms with van der Waals surface area (Å²) >= 11 is 6.00. The van der Waals surface area contributed by atoms with E-state index in [1.165, 1.54) is 17.0 Å². The van der Waals surface area contributed by atoms with Crippen molar-refractivity contribution >= 4 is 29.3 Å². The summed E-state index contributed by atoms with van der Waals surface area (Å²) in [4.78, 5) is 38.8. The predicted octanol–water partition coefficient (Wildman–Crippen LogP) is 1.41. The lowest BCUT2D eigenvalue weighted by molar-refractivity contribution is -0.121.